The van der Waals surface area contributed by atoms with Crippen molar-refractivity contribution in [2.24, 2.45) is 0 Å². The van der Waals surface area contributed by atoms with Crippen LogP contribution in [0.25, 0.3) is 11.3 Å². The number of nitrogens with one attached hydrogen (secondary N) is 1. The first-order valence-corrected chi connectivity index (χ1v) is 10.4. The second-order valence-corrected chi connectivity index (χ2v) is 8.90. The maximum absolute atomic E-state index is 12.5. The maximum Gasteiger partial charge on any atom is 0.261 e. The van der Waals surface area contributed by atoms with Gasteiger partial charge < -0.3 is 4.42 Å². The number of oxazole rings is 1. The molecule has 5 nitrogen and oxygen atoms in total. The highest BCUT2D eigenvalue weighted by atomic mass is 127. The second kappa shape index (κ2) is 6.45. The number of rotatable bonds is 5. The molecule has 4 rings (SSSR count). The number of benzene rings is 2. The molecule has 7 heteroatoms. The van der Waals surface area contributed by atoms with Crippen molar-refractivity contribution in [3.05, 3.63) is 64.2 Å². The lowest BCUT2D eigenvalue weighted by Crippen LogP contribution is -2.12. The average Bonchev–Trinajstić information content (AvgIpc) is 3.34. The van der Waals surface area contributed by atoms with E-state index in [0.29, 0.717) is 17.4 Å². The molecule has 1 saturated carbocycles. The molecule has 1 aromatic heterocycles. The van der Waals surface area contributed by atoms with Crippen molar-refractivity contribution in [1.29, 1.82) is 0 Å². The summed E-state index contributed by atoms with van der Waals surface area (Å²) >= 11 is 2.17. The van der Waals surface area contributed by atoms with Crippen LogP contribution in [0.5, 0.6) is 0 Å². The lowest BCUT2D eigenvalue weighted by molar-refractivity contribution is 0.509. The van der Waals surface area contributed by atoms with E-state index in [1.807, 2.05) is 12.1 Å². The number of hydrogen-bond donors (Lipinski definition) is 1. The molecule has 25 heavy (non-hydrogen) atoms. The van der Waals surface area contributed by atoms with Gasteiger partial charge in [-0.2, -0.15) is 0 Å². The van der Waals surface area contributed by atoms with Crippen molar-refractivity contribution in [3.8, 4) is 11.3 Å². The third-order valence-corrected chi connectivity index (χ3v) is 6.11. The van der Waals surface area contributed by atoms with Crippen LogP contribution in [0.3, 0.4) is 0 Å². The van der Waals surface area contributed by atoms with Crippen molar-refractivity contribution < 1.29 is 12.8 Å². The molecule has 128 valence electrons. The molecule has 0 radical (unpaired) electrons. The molecule has 0 spiro atoms. The zero-order valence-electron chi connectivity index (χ0n) is 13.1. The molecule has 0 amide bonds. The van der Waals surface area contributed by atoms with E-state index in [0.717, 1.165) is 27.9 Å². The Morgan fingerprint density at radius 3 is 2.36 bits per heavy atom. The molecule has 0 bridgehead atoms. The molecular formula is C18H15IN2O3S. The zero-order chi connectivity index (χ0) is 17.4. The molecule has 0 saturated heterocycles. The minimum absolute atomic E-state index is 0.205. The monoisotopic (exact) mass is 466 g/mol. The molecule has 3 aromatic rings. The highest BCUT2D eigenvalue weighted by Gasteiger charge is 2.28. The van der Waals surface area contributed by atoms with Gasteiger partial charge in [-0.05, 0) is 84.0 Å². The van der Waals surface area contributed by atoms with Crippen molar-refractivity contribution >= 4 is 38.3 Å². The van der Waals surface area contributed by atoms with Gasteiger partial charge in [0.25, 0.3) is 10.0 Å². The normalized spacial score (nSPS) is 14.4. The standard InChI is InChI=1S/C18H15IN2O3S/c19-14-5-7-15(8-6-14)21-25(22,23)16-9-3-12(4-10-16)17-11-20-18(24-17)13-1-2-13/h3-11,13,21H,1-2H2. The van der Waals surface area contributed by atoms with Gasteiger partial charge in [0.2, 0.25) is 0 Å². The fourth-order valence-electron chi connectivity index (χ4n) is 2.47. The van der Waals surface area contributed by atoms with E-state index in [1.54, 1.807) is 42.6 Å². The van der Waals surface area contributed by atoms with E-state index in [2.05, 4.69) is 32.3 Å². The summed E-state index contributed by atoms with van der Waals surface area (Å²) in [6.07, 6.45) is 3.95. The predicted molar refractivity (Wildman–Crippen MR) is 104 cm³/mol. The largest absolute Gasteiger partial charge is 0.440 e. The van der Waals surface area contributed by atoms with Crippen LogP contribution in [-0.4, -0.2) is 13.4 Å². The fourth-order valence-corrected chi connectivity index (χ4v) is 3.89. The van der Waals surface area contributed by atoms with Crippen molar-refractivity contribution in [3.63, 3.8) is 0 Å². The lowest BCUT2D eigenvalue weighted by atomic mass is 10.2. The molecule has 1 fully saturated rings. The molecule has 1 aliphatic carbocycles. The first kappa shape index (κ1) is 16.6. The average molecular weight is 466 g/mol. The van der Waals surface area contributed by atoms with Crippen LogP contribution >= 0.6 is 22.6 Å². The van der Waals surface area contributed by atoms with Gasteiger partial charge in [0, 0.05) is 20.7 Å². The van der Waals surface area contributed by atoms with Gasteiger partial charge in [0.05, 0.1) is 11.1 Å². The van der Waals surface area contributed by atoms with E-state index in [1.165, 1.54) is 0 Å². The van der Waals surface area contributed by atoms with Crippen molar-refractivity contribution in [2.75, 3.05) is 4.72 Å². The van der Waals surface area contributed by atoms with Crippen LogP contribution < -0.4 is 4.72 Å². The van der Waals surface area contributed by atoms with Crippen molar-refractivity contribution in [2.45, 2.75) is 23.7 Å². The van der Waals surface area contributed by atoms with Gasteiger partial charge in [0.1, 0.15) is 0 Å². The highest BCUT2D eigenvalue weighted by molar-refractivity contribution is 14.1. The molecule has 0 atom stereocenters. The van der Waals surface area contributed by atoms with Gasteiger partial charge >= 0.3 is 0 Å². The summed E-state index contributed by atoms with van der Waals surface area (Å²) in [5.74, 6) is 1.88. The summed E-state index contributed by atoms with van der Waals surface area (Å²) in [5.41, 5.74) is 1.35. The molecule has 0 aliphatic heterocycles. The van der Waals surface area contributed by atoms with Crippen molar-refractivity contribution in [1.82, 2.24) is 4.98 Å². The first-order chi connectivity index (χ1) is 12.0. The summed E-state index contributed by atoms with van der Waals surface area (Å²) in [5, 5.41) is 0. The molecule has 1 heterocycles. The van der Waals surface area contributed by atoms with E-state index < -0.39 is 10.0 Å². The number of halogens is 1. The Balaban J connectivity index is 1.54. The van der Waals surface area contributed by atoms with E-state index >= 15 is 0 Å². The number of hydrogen-bond acceptors (Lipinski definition) is 4. The van der Waals surface area contributed by atoms with E-state index in [-0.39, 0.29) is 4.90 Å². The summed E-state index contributed by atoms with van der Waals surface area (Å²) in [6, 6.07) is 13.8. The Kier molecular flexibility index (Phi) is 4.28. The predicted octanol–water partition coefficient (Wildman–Crippen LogP) is 4.62. The van der Waals surface area contributed by atoms with Crippen LogP contribution in [0.2, 0.25) is 0 Å². The van der Waals surface area contributed by atoms with E-state index in [4.69, 9.17) is 4.42 Å². The summed E-state index contributed by atoms with van der Waals surface area (Å²) < 4.78 is 34.3. The Hall–Kier alpha value is -1.87. The first-order valence-electron chi connectivity index (χ1n) is 7.86. The van der Waals surface area contributed by atoms with Gasteiger partial charge in [-0.15, -0.1) is 0 Å². The van der Waals surface area contributed by atoms with Crippen LogP contribution in [0.15, 0.2) is 64.0 Å². The highest BCUT2D eigenvalue weighted by Crippen LogP contribution is 2.40. The number of sulfonamides is 1. The quantitative estimate of drug-likeness (QED) is 0.557. The Morgan fingerprint density at radius 1 is 1.04 bits per heavy atom. The molecule has 2 aromatic carbocycles. The second-order valence-electron chi connectivity index (χ2n) is 5.97. The van der Waals surface area contributed by atoms with Gasteiger partial charge in [-0.3, -0.25) is 4.72 Å². The summed E-state index contributed by atoms with van der Waals surface area (Å²) in [7, 11) is -3.62. The van der Waals surface area contributed by atoms with Gasteiger partial charge in [-0.1, -0.05) is 0 Å². The zero-order valence-corrected chi connectivity index (χ0v) is 16.1. The Labute approximate surface area is 159 Å². The van der Waals surface area contributed by atoms with E-state index in [9.17, 15) is 8.42 Å². The number of anilines is 1. The van der Waals surface area contributed by atoms with Crippen LogP contribution in [0.1, 0.15) is 24.7 Å². The lowest BCUT2D eigenvalue weighted by Gasteiger charge is -2.08. The summed E-state index contributed by atoms with van der Waals surface area (Å²) in [4.78, 5) is 4.50. The Morgan fingerprint density at radius 2 is 1.72 bits per heavy atom. The topological polar surface area (TPSA) is 72.2 Å². The van der Waals surface area contributed by atoms with Crippen LogP contribution in [0.4, 0.5) is 5.69 Å². The fraction of sp³-hybridized carbons (Fsp3) is 0.167. The third kappa shape index (κ3) is 3.72. The molecule has 1 N–H and O–H groups in total. The summed E-state index contributed by atoms with van der Waals surface area (Å²) in [6.45, 7) is 0. The van der Waals surface area contributed by atoms with Crippen LogP contribution in [0, 0.1) is 3.57 Å². The molecule has 0 unspecified atom stereocenters. The third-order valence-electron chi connectivity index (χ3n) is 4.00. The smallest absolute Gasteiger partial charge is 0.261 e. The molecular weight excluding hydrogens is 451 g/mol. The van der Waals surface area contributed by atoms with Crippen LogP contribution in [-0.2, 0) is 10.0 Å². The molecule has 1 aliphatic rings. The number of nitrogens with zero attached hydrogens (tertiary/aromatic N) is 1. The number of aromatic nitrogens is 1. The van der Waals surface area contributed by atoms with Gasteiger partial charge in [0.15, 0.2) is 11.7 Å². The SMILES string of the molecule is O=S(=O)(Nc1ccc(I)cc1)c1ccc(-c2cnc(C3CC3)o2)cc1. The minimum atomic E-state index is -3.62. The minimum Gasteiger partial charge on any atom is -0.440 e. The van der Waals surface area contributed by atoms with Gasteiger partial charge in [-0.25, -0.2) is 13.4 Å². The Bertz CT molecular complexity index is 992. The maximum atomic E-state index is 12.5.